The van der Waals surface area contributed by atoms with E-state index in [2.05, 4.69) is 24.5 Å². The van der Waals surface area contributed by atoms with E-state index in [1.165, 1.54) is 0 Å². The number of hydrogen-bond donors (Lipinski definition) is 2. The highest BCUT2D eigenvalue weighted by Crippen LogP contribution is 2.42. The second kappa shape index (κ2) is 6.06. The summed E-state index contributed by atoms with van der Waals surface area (Å²) in [6.07, 6.45) is 1.13. The zero-order valence-corrected chi connectivity index (χ0v) is 13.6. The molecule has 4 heteroatoms. The lowest BCUT2D eigenvalue weighted by molar-refractivity contribution is -0.111. The first-order chi connectivity index (χ1) is 9.90. The van der Waals surface area contributed by atoms with Gasteiger partial charge < -0.3 is 15.4 Å². The number of carbonyl (C=O) groups excluding carboxylic acids is 1. The Bertz CT molecular complexity index is 526. The molecule has 0 saturated heterocycles. The summed E-state index contributed by atoms with van der Waals surface area (Å²) in [7, 11) is 1.87. The lowest BCUT2D eigenvalue weighted by atomic mass is 9.64. The normalized spacial score (nSPS) is 23.3. The van der Waals surface area contributed by atoms with Gasteiger partial charge in [-0.15, -0.1) is 0 Å². The number of benzene rings is 1. The topological polar surface area (TPSA) is 50.4 Å². The minimum atomic E-state index is -0.00943. The van der Waals surface area contributed by atoms with Gasteiger partial charge >= 0.3 is 0 Å². The van der Waals surface area contributed by atoms with Crippen LogP contribution in [-0.2, 0) is 4.74 Å². The van der Waals surface area contributed by atoms with Gasteiger partial charge in [-0.05, 0) is 44.0 Å². The monoisotopic (exact) mass is 290 g/mol. The highest BCUT2D eigenvalue weighted by atomic mass is 16.5. The third-order valence-electron chi connectivity index (χ3n) is 4.61. The van der Waals surface area contributed by atoms with Gasteiger partial charge in [0.2, 0.25) is 0 Å². The van der Waals surface area contributed by atoms with Crippen molar-refractivity contribution in [3.8, 4) is 0 Å². The van der Waals surface area contributed by atoms with Crippen molar-refractivity contribution in [2.24, 2.45) is 5.41 Å². The van der Waals surface area contributed by atoms with E-state index >= 15 is 0 Å². The van der Waals surface area contributed by atoms with E-state index in [0.717, 1.165) is 29.8 Å². The molecule has 2 N–H and O–H groups in total. The van der Waals surface area contributed by atoms with Crippen LogP contribution < -0.4 is 10.6 Å². The third kappa shape index (κ3) is 3.05. The Morgan fingerprint density at radius 2 is 2.14 bits per heavy atom. The van der Waals surface area contributed by atoms with Crippen LogP contribution in [0, 0.1) is 12.3 Å². The molecular weight excluding hydrogens is 264 g/mol. The third-order valence-corrected chi connectivity index (χ3v) is 4.61. The second-order valence-electron chi connectivity index (χ2n) is 6.31. The highest BCUT2D eigenvalue weighted by molar-refractivity contribution is 5.96. The van der Waals surface area contributed by atoms with Gasteiger partial charge in [0.1, 0.15) is 0 Å². The van der Waals surface area contributed by atoms with Crippen LogP contribution in [0.15, 0.2) is 18.2 Å². The number of anilines is 1. The number of hydrogen-bond acceptors (Lipinski definition) is 3. The Balaban J connectivity index is 2.03. The summed E-state index contributed by atoms with van der Waals surface area (Å²) in [5.41, 5.74) is 2.73. The van der Waals surface area contributed by atoms with Gasteiger partial charge in [0, 0.05) is 36.4 Å². The van der Waals surface area contributed by atoms with Crippen LogP contribution in [0.4, 0.5) is 5.69 Å². The van der Waals surface area contributed by atoms with Crippen LogP contribution >= 0.6 is 0 Å². The van der Waals surface area contributed by atoms with Gasteiger partial charge in [0.25, 0.3) is 5.91 Å². The first-order valence-electron chi connectivity index (χ1n) is 7.61. The number of aryl methyl sites for hydroxylation is 1. The van der Waals surface area contributed by atoms with Crippen molar-refractivity contribution in [3.63, 3.8) is 0 Å². The fourth-order valence-corrected chi connectivity index (χ4v) is 2.92. The van der Waals surface area contributed by atoms with E-state index in [0.29, 0.717) is 0 Å². The van der Waals surface area contributed by atoms with Crippen LogP contribution in [0.25, 0.3) is 0 Å². The molecule has 1 fully saturated rings. The molecule has 1 aromatic rings. The molecule has 1 saturated carbocycles. The van der Waals surface area contributed by atoms with Crippen LogP contribution in [0.5, 0.6) is 0 Å². The van der Waals surface area contributed by atoms with Crippen molar-refractivity contribution in [2.75, 3.05) is 19.0 Å². The highest BCUT2D eigenvalue weighted by Gasteiger charge is 2.49. The molecule has 0 bridgehead atoms. The molecule has 116 valence electrons. The van der Waals surface area contributed by atoms with Crippen LogP contribution in [0.1, 0.15) is 43.1 Å². The average Bonchev–Trinajstić information content (AvgIpc) is 2.45. The van der Waals surface area contributed by atoms with Gasteiger partial charge in [-0.1, -0.05) is 13.8 Å². The zero-order chi connectivity index (χ0) is 15.6. The van der Waals surface area contributed by atoms with Crippen molar-refractivity contribution >= 4 is 11.6 Å². The van der Waals surface area contributed by atoms with Crippen molar-refractivity contribution in [2.45, 2.75) is 46.3 Å². The van der Waals surface area contributed by atoms with Crippen LogP contribution in [-0.4, -0.2) is 31.7 Å². The molecule has 2 unspecified atom stereocenters. The van der Waals surface area contributed by atoms with E-state index in [-0.39, 0.29) is 23.5 Å². The maximum atomic E-state index is 12.4. The maximum absolute atomic E-state index is 12.4. The molecule has 1 aliphatic rings. The molecule has 0 aromatic heterocycles. The standard InChI is InChI=1S/C17H26N2O2/c1-6-21-15-10-14(17(15,3)4)19-16(20)13-8-7-12(18-5)9-11(13)2/h7-9,14-15,18H,6,10H2,1-5H3,(H,19,20). The molecule has 0 spiro atoms. The Hall–Kier alpha value is -1.55. The fraction of sp³-hybridized carbons (Fsp3) is 0.588. The second-order valence-corrected chi connectivity index (χ2v) is 6.31. The first-order valence-corrected chi connectivity index (χ1v) is 7.61. The molecule has 2 rings (SSSR count). The number of ether oxygens (including phenoxy) is 1. The fourth-order valence-electron chi connectivity index (χ4n) is 2.92. The first kappa shape index (κ1) is 15.8. The Morgan fingerprint density at radius 1 is 1.43 bits per heavy atom. The van der Waals surface area contributed by atoms with Gasteiger partial charge in [0.05, 0.1) is 6.10 Å². The number of carbonyl (C=O) groups is 1. The lowest BCUT2D eigenvalue weighted by Crippen LogP contribution is -2.62. The Morgan fingerprint density at radius 3 is 2.67 bits per heavy atom. The van der Waals surface area contributed by atoms with Crippen LogP contribution in [0.2, 0.25) is 0 Å². The van der Waals surface area contributed by atoms with E-state index in [1.54, 1.807) is 0 Å². The predicted molar refractivity (Wildman–Crippen MR) is 85.8 cm³/mol. The molecule has 0 heterocycles. The SMILES string of the molecule is CCOC1CC(NC(=O)c2ccc(NC)cc2C)C1(C)C. The lowest BCUT2D eigenvalue weighted by Gasteiger charge is -2.51. The summed E-state index contributed by atoms with van der Waals surface area (Å²) in [5, 5.41) is 6.23. The predicted octanol–water partition coefficient (Wildman–Crippen LogP) is 2.97. The van der Waals surface area contributed by atoms with Crippen molar-refractivity contribution in [1.29, 1.82) is 0 Å². The summed E-state index contributed by atoms with van der Waals surface area (Å²) in [6.45, 7) is 9.00. The summed E-state index contributed by atoms with van der Waals surface area (Å²) in [6, 6.07) is 5.97. The van der Waals surface area contributed by atoms with Gasteiger partial charge in [-0.25, -0.2) is 0 Å². The van der Waals surface area contributed by atoms with Crippen molar-refractivity contribution in [1.82, 2.24) is 5.32 Å². The minimum absolute atomic E-state index is 0.00294. The Kier molecular flexibility index (Phi) is 4.57. The smallest absolute Gasteiger partial charge is 0.251 e. The summed E-state index contributed by atoms with van der Waals surface area (Å²) >= 11 is 0. The quantitative estimate of drug-likeness (QED) is 0.876. The van der Waals surface area contributed by atoms with Gasteiger partial charge in [0.15, 0.2) is 0 Å². The molecule has 1 amide bonds. The molecule has 4 nitrogen and oxygen atoms in total. The maximum Gasteiger partial charge on any atom is 0.251 e. The van der Waals surface area contributed by atoms with E-state index in [9.17, 15) is 4.79 Å². The van der Waals surface area contributed by atoms with E-state index in [1.807, 2.05) is 39.1 Å². The molecule has 0 radical (unpaired) electrons. The summed E-state index contributed by atoms with van der Waals surface area (Å²) in [4.78, 5) is 12.4. The Labute approximate surface area is 127 Å². The minimum Gasteiger partial charge on any atom is -0.388 e. The van der Waals surface area contributed by atoms with E-state index in [4.69, 9.17) is 4.74 Å². The van der Waals surface area contributed by atoms with Crippen molar-refractivity contribution < 1.29 is 9.53 Å². The molecule has 0 aliphatic heterocycles. The zero-order valence-electron chi connectivity index (χ0n) is 13.6. The summed E-state index contributed by atoms with van der Waals surface area (Å²) < 4.78 is 5.71. The molecule has 21 heavy (non-hydrogen) atoms. The number of nitrogens with one attached hydrogen (secondary N) is 2. The number of rotatable bonds is 5. The molecular formula is C17H26N2O2. The van der Waals surface area contributed by atoms with Crippen LogP contribution in [0.3, 0.4) is 0 Å². The summed E-state index contributed by atoms with van der Waals surface area (Å²) in [5.74, 6) is 0.00294. The average molecular weight is 290 g/mol. The number of amides is 1. The molecule has 1 aliphatic carbocycles. The van der Waals surface area contributed by atoms with Crippen molar-refractivity contribution in [3.05, 3.63) is 29.3 Å². The molecule has 1 aromatic carbocycles. The van der Waals surface area contributed by atoms with Gasteiger partial charge in [-0.2, -0.15) is 0 Å². The van der Waals surface area contributed by atoms with Gasteiger partial charge in [-0.3, -0.25) is 4.79 Å². The molecule has 2 atom stereocenters. The van der Waals surface area contributed by atoms with E-state index < -0.39 is 0 Å². The largest absolute Gasteiger partial charge is 0.388 e.